The Bertz CT molecular complexity index is 1060. The van der Waals surface area contributed by atoms with E-state index >= 15 is 4.39 Å². The van der Waals surface area contributed by atoms with Crippen LogP contribution >= 0.6 is 0 Å². The van der Waals surface area contributed by atoms with Crippen molar-refractivity contribution in [2.24, 2.45) is 11.8 Å². The molecule has 3 saturated heterocycles. The molecule has 1 aromatic rings. The van der Waals surface area contributed by atoms with Crippen LogP contribution in [-0.4, -0.2) is 77.8 Å². The first kappa shape index (κ1) is 28.2. The number of carboxylic acid groups (broad SMARTS) is 1. The first-order chi connectivity index (χ1) is 18.5. The van der Waals surface area contributed by atoms with Gasteiger partial charge in [-0.2, -0.15) is 13.2 Å². The topological polar surface area (TPSA) is 64.1 Å². The van der Waals surface area contributed by atoms with Crippen LogP contribution in [0, 0.1) is 11.8 Å². The minimum Gasteiger partial charge on any atom is -0.481 e. The molecule has 0 aromatic heterocycles. The van der Waals surface area contributed by atoms with Crippen LogP contribution in [0.25, 0.3) is 0 Å². The molecule has 1 saturated carbocycles. The van der Waals surface area contributed by atoms with Crippen molar-refractivity contribution in [1.82, 2.24) is 9.80 Å². The van der Waals surface area contributed by atoms with E-state index in [1.807, 2.05) is 11.8 Å². The van der Waals surface area contributed by atoms with Crippen molar-refractivity contribution in [2.45, 2.75) is 82.1 Å². The Hall–Kier alpha value is -2.36. The molecule has 1 amide bonds. The van der Waals surface area contributed by atoms with Gasteiger partial charge in [0.05, 0.1) is 11.5 Å². The summed E-state index contributed by atoms with van der Waals surface area (Å²) in [5.74, 6) is -2.24. The number of likely N-dealkylation sites (tertiary alicyclic amines) is 2. The van der Waals surface area contributed by atoms with Gasteiger partial charge in [0.2, 0.25) is 5.67 Å². The van der Waals surface area contributed by atoms with Gasteiger partial charge >= 0.3 is 12.1 Å². The molecule has 0 unspecified atom stereocenters. The summed E-state index contributed by atoms with van der Waals surface area (Å²) in [5, 5.41) is 9.33. The number of rotatable bonds is 5. The van der Waals surface area contributed by atoms with Crippen LogP contribution < -0.4 is 4.90 Å². The molecule has 216 valence electrons. The standard InChI is InChI=1S/C29H39F4N3O3/c1-19-17-36(23-4-2-3-5-23)18-28(19,30)27(39)35-14-8-20(9-15-35)24-7-6-22(29(31,32)33)16-25(24)34-12-10-21(11-13-34)26(37)38/h6-7,16,19-21,23H,2-5,8-15,17-18H2,1H3,(H,37,38)/t19-,28+/m1/s1. The van der Waals surface area contributed by atoms with Gasteiger partial charge in [-0.3, -0.25) is 14.5 Å². The quantitative estimate of drug-likeness (QED) is 0.501. The number of hydrogen-bond donors (Lipinski definition) is 1. The summed E-state index contributed by atoms with van der Waals surface area (Å²) < 4.78 is 56.9. The highest BCUT2D eigenvalue weighted by Gasteiger charge is 2.54. The maximum atomic E-state index is 16.2. The first-order valence-electron chi connectivity index (χ1n) is 14.4. The fraction of sp³-hybridized carbons (Fsp3) is 0.724. The van der Waals surface area contributed by atoms with E-state index < -0.39 is 35.2 Å². The summed E-state index contributed by atoms with van der Waals surface area (Å²) in [5.41, 5.74) is -1.34. The fourth-order valence-electron chi connectivity index (χ4n) is 7.20. The van der Waals surface area contributed by atoms with Crippen LogP contribution in [-0.2, 0) is 15.8 Å². The molecule has 0 radical (unpaired) electrons. The summed E-state index contributed by atoms with van der Waals surface area (Å²) in [6.45, 7) is 4.05. The molecular weight excluding hydrogens is 514 g/mol. The van der Waals surface area contributed by atoms with Crippen LogP contribution in [0.3, 0.4) is 0 Å². The lowest BCUT2D eigenvalue weighted by Gasteiger charge is -2.39. The minimum absolute atomic E-state index is 0.0601. The first-order valence-corrected chi connectivity index (χ1v) is 14.4. The van der Waals surface area contributed by atoms with Crippen molar-refractivity contribution in [2.75, 3.05) is 44.2 Å². The third-order valence-electron chi connectivity index (χ3n) is 9.68. The molecule has 1 N–H and O–H groups in total. The number of piperidine rings is 2. The number of carbonyl (C=O) groups is 2. The molecule has 3 aliphatic heterocycles. The van der Waals surface area contributed by atoms with Crippen LogP contribution in [0.15, 0.2) is 18.2 Å². The highest BCUT2D eigenvalue weighted by molar-refractivity contribution is 5.86. The van der Waals surface area contributed by atoms with Gasteiger partial charge in [0.1, 0.15) is 0 Å². The molecule has 0 bridgehead atoms. The number of amides is 1. The van der Waals surface area contributed by atoms with Crippen molar-refractivity contribution in [3.8, 4) is 0 Å². The zero-order valence-corrected chi connectivity index (χ0v) is 22.6. The summed E-state index contributed by atoms with van der Waals surface area (Å²) in [4.78, 5) is 30.5. The van der Waals surface area contributed by atoms with Crippen LogP contribution in [0.5, 0.6) is 0 Å². The lowest BCUT2D eigenvalue weighted by molar-refractivity contribution is -0.146. The van der Waals surface area contributed by atoms with E-state index in [0.717, 1.165) is 37.3 Å². The van der Waals surface area contributed by atoms with E-state index in [2.05, 4.69) is 4.90 Å². The SMILES string of the molecule is C[C@@H]1CN(C2CCCC2)C[C@@]1(F)C(=O)N1CCC(c2ccc(C(F)(F)F)cc2N2CCC(C(=O)O)CC2)CC1. The van der Waals surface area contributed by atoms with E-state index in [-0.39, 0.29) is 18.4 Å². The van der Waals surface area contributed by atoms with Crippen LogP contribution in [0.2, 0.25) is 0 Å². The molecule has 4 fully saturated rings. The number of nitrogens with zero attached hydrogens (tertiary/aromatic N) is 3. The second-order valence-electron chi connectivity index (χ2n) is 12.1. The number of hydrogen-bond acceptors (Lipinski definition) is 4. The maximum Gasteiger partial charge on any atom is 0.416 e. The van der Waals surface area contributed by atoms with Gasteiger partial charge < -0.3 is 14.9 Å². The minimum atomic E-state index is -4.48. The van der Waals surface area contributed by atoms with Crippen LogP contribution in [0.4, 0.5) is 23.2 Å². The number of benzene rings is 1. The number of alkyl halides is 4. The Morgan fingerprint density at radius 2 is 1.62 bits per heavy atom. The third-order valence-corrected chi connectivity index (χ3v) is 9.68. The van der Waals surface area contributed by atoms with E-state index in [1.54, 1.807) is 11.0 Å². The third kappa shape index (κ3) is 5.63. The van der Waals surface area contributed by atoms with Crippen molar-refractivity contribution in [3.05, 3.63) is 29.3 Å². The molecule has 4 aliphatic rings. The van der Waals surface area contributed by atoms with Crippen molar-refractivity contribution < 1.29 is 32.3 Å². The molecule has 10 heteroatoms. The van der Waals surface area contributed by atoms with Gasteiger partial charge in [-0.25, -0.2) is 4.39 Å². The summed E-state index contributed by atoms with van der Waals surface area (Å²) >= 11 is 0. The van der Waals surface area contributed by atoms with E-state index in [9.17, 15) is 27.9 Å². The maximum absolute atomic E-state index is 16.2. The lowest BCUT2D eigenvalue weighted by Crippen LogP contribution is -2.52. The largest absolute Gasteiger partial charge is 0.481 e. The average Bonchev–Trinajstić information content (AvgIpc) is 3.56. The number of halogens is 4. The van der Waals surface area contributed by atoms with E-state index in [4.69, 9.17) is 0 Å². The highest BCUT2D eigenvalue weighted by Crippen LogP contribution is 2.42. The fourth-order valence-corrected chi connectivity index (χ4v) is 7.20. The van der Waals surface area contributed by atoms with E-state index in [1.165, 1.54) is 6.07 Å². The average molecular weight is 554 g/mol. The Labute approximate surface area is 227 Å². The summed E-state index contributed by atoms with van der Waals surface area (Å²) in [6.07, 6.45) is 1.80. The van der Waals surface area contributed by atoms with Gasteiger partial charge in [0.25, 0.3) is 5.91 Å². The predicted octanol–water partition coefficient (Wildman–Crippen LogP) is 5.32. The van der Waals surface area contributed by atoms with E-state index in [0.29, 0.717) is 70.1 Å². The molecule has 1 aliphatic carbocycles. The highest BCUT2D eigenvalue weighted by atomic mass is 19.4. The molecule has 3 heterocycles. The number of anilines is 1. The van der Waals surface area contributed by atoms with Gasteiger partial charge in [0, 0.05) is 56.9 Å². The van der Waals surface area contributed by atoms with Gasteiger partial charge in [-0.15, -0.1) is 0 Å². The Kier molecular flexibility index (Phi) is 7.87. The summed E-state index contributed by atoms with van der Waals surface area (Å²) in [7, 11) is 0. The lowest BCUT2D eigenvalue weighted by atomic mass is 9.85. The van der Waals surface area contributed by atoms with Gasteiger partial charge in [-0.1, -0.05) is 25.8 Å². The zero-order valence-electron chi connectivity index (χ0n) is 22.6. The molecule has 5 rings (SSSR count). The molecule has 39 heavy (non-hydrogen) atoms. The Morgan fingerprint density at radius 1 is 0.974 bits per heavy atom. The second-order valence-corrected chi connectivity index (χ2v) is 12.1. The number of carboxylic acids is 1. The molecule has 0 spiro atoms. The number of aliphatic carboxylic acids is 1. The molecular formula is C29H39F4N3O3. The molecule has 6 nitrogen and oxygen atoms in total. The predicted molar refractivity (Wildman–Crippen MR) is 139 cm³/mol. The van der Waals surface area contributed by atoms with Crippen molar-refractivity contribution >= 4 is 17.6 Å². The Balaban J connectivity index is 1.28. The smallest absolute Gasteiger partial charge is 0.416 e. The second kappa shape index (κ2) is 10.9. The van der Waals surface area contributed by atoms with Gasteiger partial charge in [-0.05, 0) is 62.1 Å². The summed E-state index contributed by atoms with van der Waals surface area (Å²) in [6, 6.07) is 4.19. The van der Waals surface area contributed by atoms with Crippen molar-refractivity contribution in [3.63, 3.8) is 0 Å². The molecule has 2 atom stereocenters. The normalized spacial score (nSPS) is 28.4. The van der Waals surface area contributed by atoms with Crippen LogP contribution in [0.1, 0.15) is 75.3 Å². The van der Waals surface area contributed by atoms with Crippen molar-refractivity contribution in [1.29, 1.82) is 0 Å². The number of carbonyl (C=O) groups excluding carboxylic acids is 1. The van der Waals surface area contributed by atoms with Gasteiger partial charge in [0.15, 0.2) is 0 Å². The Morgan fingerprint density at radius 3 is 2.21 bits per heavy atom. The zero-order chi connectivity index (χ0) is 27.9. The monoisotopic (exact) mass is 553 g/mol. The molecule has 1 aromatic carbocycles.